The first-order valence-electron chi connectivity index (χ1n) is 9.35. The number of benzene rings is 2. The molecule has 1 amide bonds. The summed E-state index contributed by atoms with van der Waals surface area (Å²) in [6.07, 6.45) is 2.24. The molecule has 0 aliphatic carbocycles. The highest BCUT2D eigenvalue weighted by Crippen LogP contribution is 2.31. The number of hydrogen-bond acceptors (Lipinski definition) is 6. The number of amides is 1. The lowest BCUT2D eigenvalue weighted by atomic mass is 10.00. The van der Waals surface area contributed by atoms with E-state index in [4.69, 9.17) is 9.47 Å². The largest absolute Gasteiger partial charge is 0.497 e. The van der Waals surface area contributed by atoms with E-state index in [0.29, 0.717) is 36.1 Å². The van der Waals surface area contributed by atoms with Crippen molar-refractivity contribution in [2.75, 3.05) is 26.1 Å². The van der Waals surface area contributed by atoms with Crippen LogP contribution in [0.3, 0.4) is 0 Å². The Hall–Kier alpha value is -3.61. The number of methoxy groups -OCH3 is 2. The fourth-order valence-electron chi connectivity index (χ4n) is 3.41. The fraction of sp³-hybridized carbons (Fsp3) is 0.227. The Labute approximate surface area is 169 Å². The predicted octanol–water partition coefficient (Wildman–Crippen LogP) is 3.44. The van der Waals surface area contributed by atoms with Crippen molar-refractivity contribution >= 4 is 17.4 Å². The van der Waals surface area contributed by atoms with Gasteiger partial charge in [-0.15, -0.1) is 0 Å². The second-order valence-corrected chi connectivity index (χ2v) is 6.73. The van der Waals surface area contributed by atoms with Gasteiger partial charge in [0.15, 0.2) is 0 Å². The second-order valence-electron chi connectivity index (χ2n) is 6.73. The molecule has 29 heavy (non-hydrogen) atoms. The van der Waals surface area contributed by atoms with Gasteiger partial charge < -0.3 is 19.7 Å². The van der Waals surface area contributed by atoms with Crippen LogP contribution in [-0.4, -0.2) is 41.5 Å². The summed E-state index contributed by atoms with van der Waals surface area (Å²) in [7, 11) is 3.19. The average molecular weight is 390 g/mol. The van der Waals surface area contributed by atoms with E-state index in [1.807, 2.05) is 29.2 Å². The number of carbonyl (C=O) groups excluding carboxylic acids is 1. The summed E-state index contributed by atoms with van der Waals surface area (Å²) < 4.78 is 10.6. The second kappa shape index (κ2) is 8.18. The standard InChI is InChI=1S/C22H22N4O3/c1-28-17-7-8-18(20(11-17)29-2)25-21-12-19(23-14-24-21)22(27)26-10-9-15-5-3-4-6-16(15)13-26/h3-8,11-12,14H,9-10,13H2,1-2H3,(H,23,24,25). The summed E-state index contributed by atoms with van der Waals surface area (Å²) >= 11 is 0. The van der Waals surface area contributed by atoms with Crippen LogP contribution in [0.2, 0.25) is 0 Å². The zero-order valence-electron chi connectivity index (χ0n) is 16.4. The van der Waals surface area contributed by atoms with Crippen LogP contribution in [0.5, 0.6) is 11.5 Å². The van der Waals surface area contributed by atoms with Crippen LogP contribution < -0.4 is 14.8 Å². The Morgan fingerprint density at radius 1 is 1.03 bits per heavy atom. The summed E-state index contributed by atoms with van der Waals surface area (Å²) in [6.45, 7) is 1.27. The van der Waals surface area contributed by atoms with Crippen molar-refractivity contribution in [1.82, 2.24) is 14.9 Å². The normalized spacial score (nSPS) is 12.8. The molecule has 1 aromatic heterocycles. The minimum Gasteiger partial charge on any atom is -0.497 e. The van der Waals surface area contributed by atoms with Crippen molar-refractivity contribution in [3.8, 4) is 11.5 Å². The van der Waals surface area contributed by atoms with Gasteiger partial charge in [-0.1, -0.05) is 24.3 Å². The maximum absolute atomic E-state index is 13.0. The van der Waals surface area contributed by atoms with Gasteiger partial charge in [-0.05, 0) is 29.7 Å². The molecule has 1 aliphatic rings. The third-order valence-corrected chi connectivity index (χ3v) is 4.98. The molecule has 4 rings (SSSR count). The van der Waals surface area contributed by atoms with Crippen LogP contribution in [0, 0.1) is 0 Å². The minimum absolute atomic E-state index is 0.105. The Bertz CT molecular complexity index is 1040. The smallest absolute Gasteiger partial charge is 0.272 e. The van der Waals surface area contributed by atoms with E-state index in [-0.39, 0.29) is 5.91 Å². The van der Waals surface area contributed by atoms with Crippen molar-refractivity contribution in [3.05, 3.63) is 71.7 Å². The van der Waals surface area contributed by atoms with Crippen LogP contribution in [0.1, 0.15) is 21.6 Å². The Morgan fingerprint density at radius 2 is 1.86 bits per heavy atom. The van der Waals surface area contributed by atoms with Gasteiger partial charge in [-0.2, -0.15) is 0 Å². The summed E-state index contributed by atoms with van der Waals surface area (Å²) in [4.78, 5) is 23.2. The maximum Gasteiger partial charge on any atom is 0.272 e. The van der Waals surface area contributed by atoms with E-state index in [1.54, 1.807) is 26.4 Å². The van der Waals surface area contributed by atoms with Gasteiger partial charge in [0.1, 0.15) is 29.3 Å². The quantitative estimate of drug-likeness (QED) is 0.719. The van der Waals surface area contributed by atoms with Crippen molar-refractivity contribution in [3.63, 3.8) is 0 Å². The summed E-state index contributed by atoms with van der Waals surface area (Å²) in [6, 6.07) is 15.3. The first-order valence-corrected chi connectivity index (χ1v) is 9.35. The Kier molecular flexibility index (Phi) is 5.29. The zero-order valence-corrected chi connectivity index (χ0v) is 16.4. The van der Waals surface area contributed by atoms with Gasteiger partial charge in [0.05, 0.1) is 19.9 Å². The molecule has 0 saturated carbocycles. The van der Waals surface area contributed by atoms with E-state index >= 15 is 0 Å². The average Bonchev–Trinajstić information content (AvgIpc) is 2.78. The highest BCUT2D eigenvalue weighted by atomic mass is 16.5. The van der Waals surface area contributed by atoms with Crippen molar-refractivity contribution < 1.29 is 14.3 Å². The molecule has 0 bridgehead atoms. The third kappa shape index (κ3) is 3.99. The lowest BCUT2D eigenvalue weighted by Crippen LogP contribution is -2.36. The van der Waals surface area contributed by atoms with E-state index in [1.165, 1.54) is 17.5 Å². The SMILES string of the molecule is COc1ccc(Nc2cc(C(=O)N3CCc4ccccc4C3)ncn2)c(OC)c1. The topological polar surface area (TPSA) is 76.6 Å². The van der Waals surface area contributed by atoms with Crippen LogP contribution in [-0.2, 0) is 13.0 Å². The fourth-order valence-corrected chi connectivity index (χ4v) is 3.41. The van der Waals surface area contributed by atoms with E-state index in [0.717, 1.165) is 12.1 Å². The lowest BCUT2D eigenvalue weighted by molar-refractivity contribution is 0.0728. The molecule has 2 heterocycles. The number of carbonyl (C=O) groups is 1. The molecule has 0 atom stereocenters. The predicted molar refractivity (Wildman–Crippen MR) is 110 cm³/mol. The number of fused-ring (bicyclic) bond motifs is 1. The summed E-state index contributed by atoms with van der Waals surface area (Å²) in [5.74, 6) is 1.72. The number of ether oxygens (including phenoxy) is 2. The molecule has 0 unspecified atom stereocenters. The number of nitrogens with one attached hydrogen (secondary N) is 1. The van der Waals surface area contributed by atoms with Gasteiger partial charge in [0.25, 0.3) is 5.91 Å². The van der Waals surface area contributed by atoms with Crippen LogP contribution in [0.15, 0.2) is 54.9 Å². The summed E-state index contributed by atoms with van der Waals surface area (Å²) in [5, 5.41) is 3.19. The zero-order chi connectivity index (χ0) is 20.2. The number of hydrogen-bond donors (Lipinski definition) is 1. The van der Waals surface area contributed by atoms with Crippen LogP contribution >= 0.6 is 0 Å². The lowest BCUT2D eigenvalue weighted by Gasteiger charge is -2.28. The maximum atomic E-state index is 13.0. The monoisotopic (exact) mass is 390 g/mol. The molecule has 1 N–H and O–H groups in total. The number of anilines is 2. The molecular weight excluding hydrogens is 368 g/mol. The minimum atomic E-state index is -0.105. The molecule has 0 radical (unpaired) electrons. The van der Waals surface area contributed by atoms with Crippen molar-refractivity contribution in [2.45, 2.75) is 13.0 Å². The molecule has 0 fully saturated rings. The third-order valence-electron chi connectivity index (χ3n) is 4.98. The van der Waals surface area contributed by atoms with Crippen molar-refractivity contribution in [2.24, 2.45) is 0 Å². The highest BCUT2D eigenvalue weighted by molar-refractivity contribution is 5.93. The highest BCUT2D eigenvalue weighted by Gasteiger charge is 2.23. The number of nitrogens with zero attached hydrogens (tertiary/aromatic N) is 3. The molecule has 0 saturated heterocycles. The molecule has 7 nitrogen and oxygen atoms in total. The number of aromatic nitrogens is 2. The molecular formula is C22H22N4O3. The molecule has 0 spiro atoms. The molecule has 148 valence electrons. The molecule has 3 aromatic rings. The van der Waals surface area contributed by atoms with E-state index in [2.05, 4.69) is 27.4 Å². The summed E-state index contributed by atoms with van der Waals surface area (Å²) in [5.41, 5.74) is 3.56. The van der Waals surface area contributed by atoms with Gasteiger partial charge in [-0.25, -0.2) is 9.97 Å². The molecule has 1 aliphatic heterocycles. The molecule has 7 heteroatoms. The Morgan fingerprint density at radius 3 is 2.66 bits per heavy atom. The van der Waals surface area contributed by atoms with Crippen LogP contribution in [0.4, 0.5) is 11.5 Å². The Balaban J connectivity index is 1.53. The molecule has 2 aromatic carbocycles. The first-order chi connectivity index (χ1) is 14.2. The van der Waals surface area contributed by atoms with Crippen LogP contribution in [0.25, 0.3) is 0 Å². The van der Waals surface area contributed by atoms with E-state index in [9.17, 15) is 4.79 Å². The van der Waals surface area contributed by atoms with E-state index < -0.39 is 0 Å². The first kappa shape index (κ1) is 18.7. The van der Waals surface area contributed by atoms with Gasteiger partial charge >= 0.3 is 0 Å². The number of rotatable bonds is 5. The van der Waals surface area contributed by atoms with Crippen molar-refractivity contribution in [1.29, 1.82) is 0 Å². The van der Waals surface area contributed by atoms with Gasteiger partial charge in [0, 0.05) is 25.2 Å². The van der Waals surface area contributed by atoms with Gasteiger partial charge in [-0.3, -0.25) is 4.79 Å². The van der Waals surface area contributed by atoms with Gasteiger partial charge in [0.2, 0.25) is 0 Å².